The summed E-state index contributed by atoms with van der Waals surface area (Å²) in [5, 5.41) is 15.3. The number of amides is 1. The number of rotatable bonds is 6. The van der Waals surface area contributed by atoms with E-state index < -0.39 is 5.60 Å². The summed E-state index contributed by atoms with van der Waals surface area (Å²) < 4.78 is 7.57. The van der Waals surface area contributed by atoms with Crippen molar-refractivity contribution in [2.24, 2.45) is 0 Å². The lowest BCUT2D eigenvalue weighted by Crippen LogP contribution is -2.53. The van der Waals surface area contributed by atoms with Gasteiger partial charge in [0.15, 0.2) is 0 Å². The van der Waals surface area contributed by atoms with Crippen LogP contribution in [0.2, 0.25) is 0 Å². The number of aromatic nitrogens is 2. The summed E-state index contributed by atoms with van der Waals surface area (Å²) in [7, 11) is 0. The molecular weight excluding hydrogens is 330 g/mol. The number of hydrogen-bond acceptors (Lipinski definition) is 4. The number of benzene rings is 1. The molecule has 0 saturated carbocycles. The smallest absolute Gasteiger partial charge is 0.274 e. The van der Waals surface area contributed by atoms with Crippen LogP contribution in [0.4, 0.5) is 0 Å². The second-order valence-corrected chi connectivity index (χ2v) is 7.12. The summed E-state index contributed by atoms with van der Waals surface area (Å²) in [6.45, 7) is 5.93. The molecule has 1 N–H and O–H groups in total. The molecule has 1 aliphatic heterocycles. The van der Waals surface area contributed by atoms with Gasteiger partial charge in [-0.05, 0) is 49.9 Å². The molecule has 1 aromatic heterocycles. The minimum atomic E-state index is -1.04. The van der Waals surface area contributed by atoms with E-state index in [2.05, 4.69) is 12.0 Å². The number of β-amino-alcohol motifs (C(OH)–C–C–N with tert-alkyl or cyclic N) is 1. The number of likely N-dealkylation sites (tertiary alicyclic amines) is 1. The molecule has 140 valence electrons. The van der Waals surface area contributed by atoms with Gasteiger partial charge in [-0.3, -0.25) is 9.48 Å². The third-order valence-corrected chi connectivity index (χ3v) is 4.65. The Morgan fingerprint density at radius 2 is 2.23 bits per heavy atom. The first-order valence-electron chi connectivity index (χ1n) is 9.24. The maximum absolute atomic E-state index is 12.7. The van der Waals surface area contributed by atoms with Gasteiger partial charge in [-0.1, -0.05) is 19.1 Å². The Labute approximate surface area is 154 Å². The molecular formula is C20H27N3O3. The number of carbonyl (C=O) groups is 1. The van der Waals surface area contributed by atoms with Crippen LogP contribution in [-0.4, -0.2) is 51.0 Å². The number of carbonyl (C=O) groups excluding carboxylic acids is 1. The van der Waals surface area contributed by atoms with Gasteiger partial charge in [-0.25, -0.2) is 0 Å². The number of aliphatic hydroxyl groups is 1. The van der Waals surface area contributed by atoms with Gasteiger partial charge in [0.2, 0.25) is 0 Å². The average Bonchev–Trinajstić information content (AvgIpc) is 3.09. The van der Waals surface area contributed by atoms with Gasteiger partial charge in [0.05, 0.1) is 6.54 Å². The van der Waals surface area contributed by atoms with Crippen molar-refractivity contribution in [2.75, 3.05) is 19.7 Å². The largest absolute Gasteiger partial charge is 0.491 e. The molecule has 3 rings (SSSR count). The van der Waals surface area contributed by atoms with E-state index in [1.807, 2.05) is 37.4 Å². The van der Waals surface area contributed by atoms with Crippen LogP contribution in [0.5, 0.6) is 5.75 Å². The summed E-state index contributed by atoms with van der Waals surface area (Å²) in [4.78, 5) is 14.4. The van der Waals surface area contributed by atoms with Gasteiger partial charge < -0.3 is 14.7 Å². The summed E-state index contributed by atoms with van der Waals surface area (Å²) >= 11 is 0. The first kappa shape index (κ1) is 18.5. The molecule has 6 nitrogen and oxygen atoms in total. The number of hydrogen-bond donors (Lipinski definition) is 1. The van der Waals surface area contributed by atoms with Gasteiger partial charge >= 0.3 is 0 Å². The predicted molar refractivity (Wildman–Crippen MR) is 99.3 cm³/mol. The molecule has 1 fully saturated rings. The molecule has 1 aliphatic rings. The van der Waals surface area contributed by atoms with Crippen molar-refractivity contribution in [3.63, 3.8) is 0 Å². The highest BCUT2D eigenvalue weighted by Gasteiger charge is 2.36. The summed E-state index contributed by atoms with van der Waals surface area (Å²) in [5.41, 5.74) is 0.504. The topological polar surface area (TPSA) is 67.6 Å². The Morgan fingerprint density at radius 3 is 3.00 bits per heavy atom. The summed E-state index contributed by atoms with van der Waals surface area (Å²) in [6, 6.07) is 9.49. The molecule has 0 bridgehead atoms. The summed E-state index contributed by atoms with van der Waals surface area (Å²) in [5.74, 6) is 0.605. The third kappa shape index (κ3) is 4.43. The van der Waals surface area contributed by atoms with Gasteiger partial charge in [0.1, 0.15) is 23.7 Å². The van der Waals surface area contributed by atoms with Crippen LogP contribution in [0.3, 0.4) is 0 Å². The zero-order chi connectivity index (χ0) is 18.6. The van der Waals surface area contributed by atoms with E-state index >= 15 is 0 Å². The molecule has 2 heterocycles. The van der Waals surface area contributed by atoms with Crippen molar-refractivity contribution in [3.05, 3.63) is 47.8 Å². The maximum atomic E-state index is 12.7. The molecule has 1 aromatic carbocycles. The lowest BCUT2D eigenvalue weighted by Gasteiger charge is -2.38. The maximum Gasteiger partial charge on any atom is 0.274 e. The van der Waals surface area contributed by atoms with Crippen LogP contribution < -0.4 is 4.74 Å². The van der Waals surface area contributed by atoms with Crippen molar-refractivity contribution >= 4 is 5.91 Å². The molecule has 1 saturated heterocycles. The molecule has 0 radical (unpaired) electrons. The minimum Gasteiger partial charge on any atom is -0.491 e. The molecule has 0 spiro atoms. The lowest BCUT2D eigenvalue weighted by molar-refractivity contribution is -0.0533. The normalized spacial score (nSPS) is 20.2. The molecule has 0 aliphatic carbocycles. The number of aryl methyl sites for hydroxylation is 2. The first-order chi connectivity index (χ1) is 12.5. The van der Waals surface area contributed by atoms with Crippen LogP contribution in [-0.2, 0) is 6.54 Å². The average molecular weight is 357 g/mol. The van der Waals surface area contributed by atoms with E-state index in [1.165, 1.54) is 0 Å². The van der Waals surface area contributed by atoms with E-state index in [9.17, 15) is 9.90 Å². The fourth-order valence-corrected chi connectivity index (χ4v) is 3.32. The number of nitrogens with zero attached hydrogens (tertiary/aromatic N) is 3. The second kappa shape index (κ2) is 7.91. The molecule has 1 unspecified atom stereocenters. The monoisotopic (exact) mass is 357 g/mol. The van der Waals surface area contributed by atoms with Gasteiger partial charge in [-0.15, -0.1) is 0 Å². The fourth-order valence-electron chi connectivity index (χ4n) is 3.32. The second-order valence-electron chi connectivity index (χ2n) is 7.12. The Kier molecular flexibility index (Phi) is 5.61. The van der Waals surface area contributed by atoms with E-state index in [1.54, 1.807) is 15.6 Å². The van der Waals surface area contributed by atoms with Crippen LogP contribution >= 0.6 is 0 Å². The predicted octanol–water partition coefficient (Wildman–Crippen LogP) is 2.65. The Balaban J connectivity index is 1.62. The SMILES string of the molecule is CCCn1ccc(C(=O)N2CCCC(O)(COc3cccc(C)c3)C2)n1. The lowest BCUT2D eigenvalue weighted by atomic mass is 9.93. The van der Waals surface area contributed by atoms with Crippen LogP contribution in [0.1, 0.15) is 42.2 Å². The van der Waals surface area contributed by atoms with Crippen LogP contribution in [0.25, 0.3) is 0 Å². The first-order valence-corrected chi connectivity index (χ1v) is 9.24. The van der Waals surface area contributed by atoms with Crippen molar-refractivity contribution in [1.29, 1.82) is 0 Å². The summed E-state index contributed by atoms with van der Waals surface area (Å²) in [6.07, 6.45) is 4.16. The number of piperidine rings is 1. The molecule has 6 heteroatoms. The van der Waals surface area contributed by atoms with Gasteiger partial charge in [-0.2, -0.15) is 5.10 Å². The highest BCUT2D eigenvalue weighted by atomic mass is 16.5. The zero-order valence-electron chi connectivity index (χ0n) is 15.5. The molecule has 1 atom stereocenters. The molecule has 1 amide bonds. The molecule has 2 aromatic rings. The zero-order valence-corrected chi connectivity index (χ0v) is 15.5. The number of ether oxygens (including phenoxy) is 1. The molecule has 26 heavy (non-hydrogen) atoms. The highest BCUT2D eigenvalue weighted by molar-refractivity contribution is 5.92. The van der Waals surface area contributed by atoms with Crippen LogP contribution in [0.15, 0.2) is 36.5 Å². The van der Waals surface area contributed by atoms with E-state index in [0.29, 0.717) is 18.7 Å². The third-order valence-electron chi connectivity index (χ3n) is 4.65. The van der Waals surface area contributed by atoms with Crippen molar-refractivity contribution in [2.45, 2.75) is 45.3 Å². The fraction of sp³-hybridized carbons (Fsp3) is 0.500. The highest BCUT2D eigenvalue weighted by Crippen LogP contribution is 2.24. The van der Waals surface area contributed by atoms with E-state index in [0.717, 1.165) is 30.7 Å². The Morgan fingerprint density at radius 1 is 1.38 bits per heavy atom. The Hall–Kier alpha value is -2.34. The standard InChI is InChI=1S/C20H27N3O3/c1-3-10-23-12-8-18(21-23)19(24)22-11-5-9-20(25,14-22)15-26-17-7-4-6-16(2)13-17/h4,6-8,12-13,25H,3,5,9-11,14-15H2,1-2H3. The van der Waals surface area contributed by atoms with Crippen molar-refractivity contribution in [1.82, 2.24) is 14.7 Å². The van der Waals surface area contributed by atoms with Crippen LogP contribution in [0, 0.1) is 6.92 Å². The van der Waals surface area contributed by atoms with E-state index in [-0.39, 0.29) is 19.1 Å². The quantitative estimate of drug-likeness (QED) is 0.863. The Bertz CT molecular complexity index is 758. The van der Waals surface area contributed by atoms with Gasteiger partial charge in [0.25, 0.3) is 5.91 Å². The van der Waals surface area contributed by atoms with Gasteiger partial charge in [0, 0.05) is 19.3 Å². The minimum absolute atomic E-state index is 0.131. The van der Waals surface area contributed by atoms with E-state index in [4.69, 9.17) is 4.74 Å². The van der Waals surface area contributed by atoms with Crippen molar-refractivity contribution in [3.8, 4) is 5.75 Å². The van der Waals surface area contributed by atoms with Crippen molar-refractivity contribution < 1.29 is 14.6 Å².